The minimum atomic E-state index is -1.24. The molecule has 0 amide bonds. The van der Waals surface area contributed by atoms with E-state index in [1.165, 1.54) is 0 Å². The number of rotatable bonds is 9. The second-order valence-electron chi connectivity index (χ2n) is 3.02. The molecule has 2 N–H and O–H groups in total. The van der Waals surface area contributed by atoms with E-state index >= 15 is 0 Å². The van der Waals surface area contributed by atoms with E-state index in [4.69, 9.17) is 19.3 Å². The molecule has 0 aliphatic heterocycles. The van der Waals surface area contributed by atoms with E-state index in [0.717, 1.165) is 0 Å². The fourth-order valence-electron chi connectivity index (χ4n) is 1.31. The molecule has 92 valence electrons. The van der Waals surface area contributed by atoms with Crippen LogP contribution in [0.15, 0.2) is 0 Å². The lowest BCUT2D eigenvalue weighted by atomic mass is 10.2. The van der Waals surface area contributed by atoms with Gasteiger partial charge in [0.2, 0.25) is 0 Å². The van der Waals surface area contributed by atoms with E-state index in [0.29, 0.717) is 19.8 Å². The third kappa shape index (κ3) is 5.44. The Hall–Kier alpha value is -0.200. The molecule has 0 aromatic rings. The van der Waals surface area contributed by atoms with E-state index in [2.05, 4.69) is 0 Å². The van der Waals surface area contributed by atoms with E-state index < -0.39 is 12.1 Å². The van der Waals surface area contributed by atoms with Gasteiger partial charge in [0, 0.05) is 19.8 Å². The lowest BCUT2D eigenvalue weighted by Gasteiger charge is -2.33. The maximum atomic E-state index is 9.38. The predicted octanol–water partition coefficient (Wildman–Crippen LogP) is 0.493. The van der Waals surface area contributed by atoms with Crippen molar-refractivity contribution < 1.29 is 24.4 Å². The molecule has 0 saturated heterocycles. The summed E-state index contributed by atoms with van der Waals surface area (Å²) >= 11 is 0. The summed E-state index contributed by atoms with van der Waals surface area (Å²) in [7, 11) is 0. The third-order valence-electron chi connectivity index (χ3n) is 1.79. The maximum Gasteiger partial charge on any atom is 0.285 e. The number of aliphatic hydroxyl groups is 2. The van der Waals surface area contributed by atoms with Crippen LogP contribution >= 0.6 is 0 Å². The normalized spacial score (nSPS) is 14.2. The highest BCUT2D eigenvalue weighted by atomic mass is 16.9. The Kier molecular flexibility index (Phi) is 7.90. The molecular formula is C10H22O5. The van der Waals surface area contributed by atoms with Gasteiger partial charge in [0.25, 0.3) is 5.97 Å². The molecule has 0 spiro atoms. The topological polar surface area (TPSA) is 68.2 Å². The van der Waals surface area contributed by atoms with Crippen LogP contribution in [0, 0.1) is 0 Å². The SMILES string of the molecule is CCOC(CC(O)CO)(OCC)OCC. The van der Waals surface area contributed by atoms with Gasteiger partial charge in [-0.25, -0.2) is 0 Å². The van der Waals surface area contributed by atoms with Gasteiger partial charge in [0.1, 0.15) is 0 Å². The Labute approximate surface area is 91.0 Å². The first kappa shape index (κ1) is 14.8. The average molecular weight is 222 g/mol. The first-order valence-corrected chi connectivity index (χ1v) is 5.34. The minimum absolute atomic E-state index is 0.0962. The van der Waals surface area contributed by atoms with Crippen LogP contribution in [0.5, 0.6) is 0 Å². The summed E-state index contributed by atoms with van der Waals surface area (Å²) in [4.78, 5) is 0. The number of aliphatic hydroxyl groups excluding tert-OH is 2. The highest BCUT2D eigenvalue weighted by molar-refractivity contribution is 4.65. The van der Waals surface area contributed by atoms with E-state index in [1.807, 2.05) is 20.8 Å². The number of hydrogen-bond acceptors (Lipinski definition) is 5. The van der Waals surface area contributed by atoms with Crippen molar-refractivity contribution in [1.82, 2.24) is 0 Å². The van der Waals surface area contributed by atoms with Crippen molar-refractivity contribution in [3.8, 4) is 0 Å². The molecule has 0 rings (SSSR count). The molecule has 0 bridgehead atoms. The van der Waals surface area contributed by atoms with Crippen LogP contribution in [0.25, 0.3) is 0 Å². The molecule has 1 unspecified atom stereocenters. The van der Waals surface area contributed by atoms with E-state index in [-0.39, 0.29) is 13.0 Å². The van der Waals surface area contributed by atoms with Gasteiger partial charge in [-0.1, -0.05) is 0 Å². The molecule has 0 aromatic heterocycles. The minimum Gasteiger partial charge on any atom is -0.394 e. The molecule has 1 atom stereocenters. The molecule has 0 fully saturated rings. The molecule has 0 heterocycles. The van der Waals surface area contributed by atoms with Crippen molar-refractivity contribution in [2.75, 3.05) is 26.4 Å². The summed E-state index contributed by atoms with van der Waals surface area (Å²) in [6.07, 6.45) is -0.811. The third-order valence-corrected chi connectivity index (χ3v) is 1.79. The van der Waals surface area contributed by atoms with Crippen LogP contribution in [0.4, 0.5) is 0 Å². The zero-order valence-electron chi connectivity index (χ0n) is 9.73. The quantitative estimate of drug-likeness (QED) is 0.556. The lowest BCUT2D eigenvalue weighted by Crippen LogP contribution is -2.43. The fourth-order valence-corrected chi connectivity index (χ4v) is 1.31. The Morgan fingerprint density at radius 2 is 1.40 bits per heavy atom. The predicted molar refractivity (Wildman–Crippen MR) is 55.3 cm³/mol. The van der Waals surface area contributed by atoms with Crippen LogP contribution in [0.2, 0.25) is 0 Å². The van der Waals surface area contributed by atoms with Gasteiger partial charge in [0.05, 0.1) is 19.1 Å². The Morgan fingerprint density at radius 1 is 1.00 bits per heavy atom. The fraction of sp³-hybridized carbons (Fsp3) is 1.00. The van der Waals surface area contributed by atoms with Crippen molar-refractivity contribution in [2.24, 2.45) is 0 Å². The van der Waals surface area contributed by atoms with Gasteiger partial charge in [-0.2, -0.15) is 0 Å². The summed E-state index contributed by atoms with van der Waals surface area (Å²) < 4.78 is 16.1. The Bertz CT molecular complexity index is 134. The zero-order valence-corrected chi connectivity index (χ0v) is 9.73. The molecule has 5 heteroatoms. The van der Waals surface area contributed by atoms with Gasteiger partial charge in [-0.05, 0) is 20.8 Å². The highest BCUT2D eigenvalue weighted by Crippen LogP contribution is 2.22. The first-order chi connectivity index (χ1) is 7.14. The van der Waals surface area contributed by atoms with Crippen LogP contribution in [0.1, 0.15) is 27.2 Å². The van der Waals surface area contributed by atoms with Crippen molar-refractivity contribution in [3.63, 3.8) is 0 Å². The van der Waals surface area contributed by atoms with Gasteiger partial charge < -0.3 is 24.4 Å². The first-order valence-electron chi connectivity index (χ1n) is 5.34. The van der Waals surface area contributed by atoms with Crippen molar-refractivity contribution >= 4 is 0 Å². The van der Waals surface area contributed by atoms with Gasteiger partial charge >= 0.3 is 0 Å². The van der Waals surface area contributed by atoms with Crippen LogP contribution in [-0.2, 0) is 14.2 Å². The highest BCUT2D eigenvalue weighted by Gasteiger charge is 2.35. The second kappa shape index (κ2) is 8.01. The molecule has 5 nitrogen and oxygen atoms in total. The lowest BCUT2D eigenvalue weighted by molar-refractivity contribution is -0.385. The largest absolute Gasteiger partial charge is 0.394 e. The van der Waals surface area contributed by atoms with Crippen LogP contribution in [-0.4, -0.2) is 48.7 Å². The Balaban J connectivity index is 4.44. The van der Waals surface area contributed by atoms with Crippen molar-refractivity contribution in [2.45, 2.75) is 39.3 Å². The van der Waals surface area contributed by atoms with Gasteiger partial charge in [-0.3, -0.25) is 0 Å². The van der Waals surface area contributed by atoms with E-state index in [9.17, 15) is 5.11 Å². The monoisotopic (exact) mass is 222 g/mol. The summed E-state index contributed by atoms with van der Waals surface area (Å²) in [6.45, 7) is 6.36. The smallest absolute Gasteiger partial charge is 0.285 e. The molecule has 15 heavy (non-hydrogen) atoms. The molecule has 0 aliphatic rings. The molecule has 0 aliphatic carbocycles. The standard InChI is InChI=1S/C10H22O5/c1-4-13-10(14-5-2,15-6-3)7-9(12)8-11/h9,11-12H,4-8H2,1-3H3. The molecule has 0 aromatic carbocycles. The van der Waals surface area contributed by atoms with Crippen LogP contribution < -0.4 is 0 Å². The maximum absolute atomic E-state index is 9.38. The number of hydrogen-bond donors (Lipinski definition) is 2. The summed E-state index contributed by atoms with van der Waals surface area (Å²) in [5.41, 5.74) is 0. The zero-order chi connectivity index (χ0) is 11.7. The molecule has 0 saturated carbocycles. The second-order valence-corrected chi connectivity index (χ2v) is 3.02. The summed E-state index contributed by atoms with van der Waals surface area (Å²) in [5, 5.41) is 18.2. The van der Waals surface area contributed by atoms with Crippen LogP contribution in [0.3, 0.4) is 0 Å². The molecular weight excluding hydrogens is 200 g/mol. The van der Waals surface area contributed by atoms with Gasteiger partial charge in [-0.15, -0.1) is 0 Å². The molecule has 0 radical (unpaired) electrons. The summed E-state index contributed by atoms with van der Waals surface area (Å²) in [5.74, 6) is -1.24. The number of ether oxygens (including phenoxy) is 3. The van der Waals surface area contributed by atoms with Crippen molar-refractivity contribution in [1.29, 1.82) is 0 Å². The Morgan fingerprint density at radius 3 is 1.67 bits per heavy atom. The van der Waals surface area contributed by atoms with Crippen molar-refractivity contribution in [3.05, 3.63) is 0 Å². The summed E-state index contributed by atoms with van der Waals surface area (Å²) in [6, 6.07) is 0. The average Bonchev–Trinajstić information content (AvgIpc) is 2.18. The van der Waals surface area contributed by atoms with Gasteiger partial charge in [0.15, 0.2) is 0 Å². The van der Waals surface area contributed by atoms with E-state index in [1.54, 1.807) is 0 Å².